The number of carbonyl (C=O) groups is 1. The van der Waals surface area contributed by atoms with E-state index in [1.54, 1.807) is 0 Å². The second-order valence-electron chi connectivity index (χ2n) is 3.26. The van der Waals surface area contributed by atoms with Gasteiger partial charge in [0.2, 0.25) is 0 Å². The Morgan fingerprint density at radius 1 is 1.60 bits per heavy atom. The normalized spacial score (nSPS) is 16.1. The van der Waals surface area contributed by atoms with E-state index >= 15 is 0 Å². The van der Waals surface area contributed by atoms with Crippen molar-refractivity contribution in [3.63, 3.8) is 0 Å². The van der Waals surface area contributed by atoms with Crippen molar-refractivity contribution in [1.82, 2.24) is 0 Å². The monoisotopic (exact) mass is 220 g/mol. The number of ketones is 1. The quantitative estimate of drug-likeness (QED) is 0.641. The molecule has 0 amide bonds. The Bertz CT molecular complexity index is 239. The number of Topliss-reactive ketones (excluding diaryl/α,β-unsaturated/α-hetero) is 1. The maximum absolute atomic E-state index is 11.7. The maximum Gasteiger partial charge on any atom is 0.261 e. The van der Waals surface area contributed by atoms with Crippen LogP contribution < -0.4 is 0 Å². The van der Waals surface area contributed by atoms with Gasteiger partial charge in [-0.05, 0) is 12.8 Å². The third-order valence-electron chi connectivity index (χ3n) is 2.01. The lowest BCUT2D eigenvalue weighted by Gasteiger charge is -2.12. The number of hydrogen-bond donors (Lipinski definition) is 0. The summed E-state index contributed by atoms with van der Waals surface area (Å²) >= 11 is 0. The van der Waals surface area contributed by atoms with E-state index < -0.39 is 13.0 Å². The minimum absolute atomic E-state index is 0.0422. The number of halogens is 2. The number of allylic oxidation sites excluding steroid dienone is 1. The molecule has 0 aromatic heterocycles. The molecule has 3 nitrogen and oxygen atoms in total. The third kappa shape index (κ3) is 4.88. The van der Waals surface area contributed by atoms with E-state index in [0.29, 0.717) is 18.6 Å². The van der Waals surface area contributed by atoms with Crippen LogP contribution in [-0.2, 0) is 14.3 Å². The molecule has 0 aliphatic carbocycles. The van der Waals surface area contributed by atoms with Gasteiger partial charge in [0, 0.05) is 12.0 Å². The van der Waals surface area contributed by atoms with E-state index in [1.165, 1.54) is 6.26 Å². The molecule has 1 rings (SSSR count). The van der Waals surface area contributed by atoms with Crippen LogP contribution in [0.2, 0.25) is 0 Å². The Morgan fingerprint density at radius 2 is 2.40 bits per heavy atom. The topological polar surface area (TPSA) is 35.5 Å². The van der Waals surface area contributed by atoms with Crippen LogP contribution in [0.3, 0.4) is 0 Å². The van der Waals surface area contributed by atoms with Crippen molar-refractivity contribution in [2.45, 2.75) is 25.7 Å². The van der Waals surface area contributed by atoms with E-state index in [9.17, 15) is 13.6 Å². The Morgan fingerprint density at radius 3 is 3.00 bits per heavy atom. The molecule has 86 valence electrons. The first-order valence-corrected chi connectivity index (χ1v) is 4.90. The Labute approximate surface area is 87.0 Å². The van der Waals surface area contributed by atoms with Gasteiger partial charge in [-0.3, -0.25) is 4.79 Å². The van der Waals surface area contributed by atoms with Crippen molar-refractivity contribution >= 4 is 5.78 Å². The standard InChI is InChI=1S/C10H14F2O3/c11-10(12)7-15-5-3-9(13)8-2-1-4-14-6-8/h6,10H,1-5,7H2. The molecule has 0 aromatic rings. The Balaban J connectivity index is 2.15. The lowest BCUT2D eigenvalue weighted by Crippen LogP contribution is -2.13. The first kappa shape index (κ1) is 12.1. The molecule has 0 saturated heterocycles. The molecule has 0 saturated carbocycles. The van der Waals surface area contributed by atoms with Crippen LogP contribution in [0.4, 0.5) is 8.78 Å². The molecule has 0 unspecified atom stereocenters. The molecule has 1 aliphatic heterocycles. The summed E-state index contributed by atoms with van der Waals surface area (Å²) < 4.78 is 33.0. The predicted octanol–water partition coefficient (Wildman–Crippen LogP) is 1.92. The molecule has 0 atom stereocenters. The minimum atomic E-state index is -2.47. The molecule has 0 radical (unpaired) electrons. The van der Waals surface area contributed by atoms with E-state index in [2.05, 4.69) is 4.74 Å². The second-order valence-corrected chi connectivity index (χ2v) is 3.26. The summed E-state index contributed by atoms with van der Waals surface area (Å²) in [6.45, 7) is 0.0714. The smallest absolute Gasteiger partial charge is 0.261 e. The second kappa shape index (κ2) is 6.50. The summed E-state index contributed by atoms with van der Waals surface area (Å²) in [6, 6.07) is 0. The number of ether oxygens (including phenoxy) is 2. The molecule has 0 bridgehead atoms. The van der Waals surface area contributed by atoms with Crippen molar-refractivity contribution in [2.24, 2.45) is 0 Å². The van der Waals surface area contributed by atoms with Crippen molar-refractivity contribution in [3.05, 3.63) is 11.8 Å². The fraction of sp³-hybridized carbons (Fsp3) is 0.700. The highest BCUT2D eigenvalue weighted by Crippen LogP contribution is 2.14. The molecule has 0 N–H and O–H groups in total. The zero-order chi connectivity index (χ0) is 11.1. The summed E-state index contributed by atoms with van der Waals surface area (Å²) in [4.78, 5) is 11.4. The SMILES string of the molecule is O=C(CCOCC(F)F)C1=COCCC1. The van der Waals surface area contributed by atoms with Crippen LogP contribution in [0.1, 0.15) is 19.3 Å². The lowest BCUT2D eigenvalue weighted by molar-refractivity contribution is -0.117. The van der Waals surface area contributed by atoms with Crippen molar-refractivity contribution in [1.29, 1.82) is 0 Å². The molecule has 5 heteroatoms. The van der Waals surface area contributed by atoms with Gasteiger partial charge in [-0.15, -0.1) is 0 Å². The average molecular weight is 220 g/mol. The molecule has 0 fully saturated rings. The first-order chi connectivity index (χ1) is 7.20. The fourth-order valence-electron chi connectivity index (χ4n) is 1.27. The first-order valence-electron chi connectivity index (χ1n) is 4.90. The van der Waals surface area contributed by atoms with Gasteiger partial charge in [-0.2, -0.15) is 0 Å². The van der Waals surface area contributed by atoms with Crippen molar-refractivity contribution in [2.75, 3.05) is 19.8 Å². The van der Waals surface area contributed by atoms with Crippen LogP contribution in [0.25, 0.3) is 0 Å². The molecule has 15 heavy (non-hydrogen) atoms. The summed E-state index contributed by atoms with van der Waals surface area (Å²) in [6.07, 6.45) is 0.654. The van der Waals surface area contributed by atoms with Gasteiger partial charge in [-0.25, -0.2) is 8.78 Å². The average Bonchev–Trinajstić information content (AvgIpc) is 2.25. The molecular weight excluding hydrogens is 206 g/mol. The van der Waals surface area contributed by atoms with Crippen LogP contribution in [0, 0.1) is 0 Å². The summed E-state index contributed by atoms with van der Waals surface area (Å²) in [5.74, 6) is -0.0797. The number of carbonyl (C=O) groups excluding carboxylic acids is 1. The largest absolute Gasteiger partial charge is 0.501 e. The number of rotatable bonds is 6. The van der Waals surface area contributed by atoms with Crippen molar-refractivity contribution < 1.29 is 23.0 Å². The summed E-state index contributed by atoms with van der Waals surface area (Å²) in [5.41, 5.74) is 0.627. The Hall–Kier alpha value is -0.970. The van der Waals surface area contributed by atoms with Gasteiger partial charge in [0.25, 0.3) is 6.43 Å². The number of hydrogen-bond acceptors (Lipinski definition) is 3. The van der Waals surface area contributed by atoms with Crippen LogP contribution in [-0.4, -0.2) is 32.0 Å². The van der Waals surface area contributed by atoms with Gasteiger partial charge >= 0.3 is 0 Å². The molecular formula is C10H14F2O3. The number of alkyl halides is 2. The van der Waals surface area contributed by atoms with Crippen LogP contribution >= 0.6 is 0 Å². The summed E-state index contributed by atoms with van der Waals surface area (Å²) in [5, 5.41) is 0. The molecule has 1 aliphatic rings. The predicted molar refractivity (Wildman–Crippen MR) is 49.7 cm³/mol. The van der Waals surface area contributed by atoms with E-state index in [0.717, 1.165) is 6.42 Å². The van der Waals surface area contributed by atoms with E-state index in [1.807, 2.05) is 0 Å². The van der Waals surface area contributed by atoms with Crippen LogP contribution in [0.15, 0.2) is 11.8 Å². The zero-order valence-corrected chi connectivity index (χ0v) is 8.38. The third-order valence-corrected chi connectivity index (χ3v) is 2.01. The van der Waals surface area contributed by atoms with Crippen LogP contribution in [0.5, 0.6) is 0 Å². The highest BCUT2D eigenvalue weighted by atomic mass is 19.3. The van der Waals surface area contributed by atoms with E-state index in [-0.39, 0.29) is 18.8 Å². The van der Waals surface area contributed by atoms with Gasteiger partial charge in [0.05, 0.1) is 19.5 Å². The lowest BCUT2D eigenvalue weighted by atomic mass is 10.0. The van der Waals surface area contributed by atoms with Crippen molar-refractivity contribution in [3.8, 4) is 0 Å². The minimum Gasteiger partial charge on any atom is -0.501 e. The fourth-order valence-corrected chi connectivity index (χ4v) is 1.27. The van der Waals surface area contributed by atoms with E-state index in [4.69, 9.17) is 4.74 Å². The van der Waals surface area contributed by atoms with Gasteiger partial charge in [0.1, 0.15) is 6.61 Å². The van der Waals surface area contributed by atoms with Gasteiger partial charge in [-0.1, -0.05) is 0 Å². The maximum atomic E-state index is 11.7. The van der Waals surface area contributed by atoms with Gasteiger partial charge in [0.15, 0.2) is 5.78 Å². The molecule has 0 spiro atoms. The highest BCUT2D eigenvalue weighted by molar-refractivity contribution is 5.95. The zero-order valence-electron chi connectivity index (χ0n) is 8.38. The van der Waals surface area contributed by atoms with Gasteiger partial charge < -0.3 is 9.47 Å². The Kier molecular flexibility index (Phi) is 5.25. The molecule has 1 heterocycles. The highest BCUT2D eigenvalue weighted by Gasteiger charge is 2.13. The molecule has 0 aromatic carbocycles. The summed E-state index contributed by atoms with van der Waals surface area (Å²) in [7, 11) is 0.